The fraction of sp³-hybridized carbons (Fsp3) is 0.663. The molecule has 0 fully saturated rings. The third kappa shape index (κ3) is 64.6. The summed E-state index contributed by atoms with van der Waals surface area (Å²) in [4.78, 5) is 120. The molecule has 0 aromatic heterocycles. The normalized spacial score (nSPS) is 11.6. The molecular formula is C89H160N14O31Si6. The van der Waals surface area contributed by atoms with Crippen molar-refractivity contribution >= 4 is 134 Å². The predicted molar refractivity (Wildman–Crippen MR) is 550 cm³/mol. The topological polar surface area (TPSA) is 543 Å². The summed E-state index contributed by atoms with van der Waals surface area (Å²) in [6, 6.07) is 23.7. The number of aliphatic hydroxyl groups is 2. The summed E-state index contributed by atoms with van der Waals surface area (Å²) in [7, 11) is -14.5. The summed E-state index contributed by atoms with van der Waals surface area (Å²) in [5.41, 5.74) is 5.90. The highest BCUT2D eigenvalue weighted by atomic mass is 28.4. The number of oxime groups is 2. The Kier molecular flexibility index (Phi) is 81.5. The first-order valence-corrected chi connectivity index (χ1v) is 61.2. The van der Waals surface area contributed by atoms with E-state index in [4.69, 9.17) is 101 Å². The number of nitrogens with zero attached hydrogens (tertiary/aromatic N) is 9. The number of carbonyl (C=O) groups is 4. The number of allylic oxidation sites excluding steroid dienone is 4. The molecule has 1 aliphatic rings. The molecule has 4 rings (SSSR count). The van der Waals surface area contributed by atoms with E-state index in [2.05, 4.69) is 57.1 Å². The molecular weight excluding hydrogens is 1930 g/mol. The minimum Gasteiger partial charge on any atom is -0.448 e. The molecule has 0 atom stereocenters. The van der Waals surface area contributed by atoms with Gasteiger partial charge in [-0.05, 0) is 293 Å². The van der Waals surface area contributed by atoms with Crippen molar-refractivity contribution in [1.29, 1.82) is 0 Å². The molecule has 0 aliphatic heterocycles. The summed E-state index contributed by atoms with van der Waals surface area (Å²) in [5.74, 6) is 0. The van der Waals surface area contributed by atoms with Gasteiger partial charge >= 0.3 is 76.5 Å². The summed E-state index contributed by atoms with van der Waals surface area (Å²) < 4.78 is 96.9. The molecule has 0 heterocycles. The number of aliphatic imine (C=N–C) groups is 2. The van der Waals surface area contributed by atoms with Gasteiger partial charge in [0, 0.05) is 168 Å². The standard InChI is InChI=1S/C28H52N4O9Si2.C25H46N4O9Si2.C10H14N2O3.2C10H21NO4Si.C6H6N2O2/c1-7-38-42(5,39-8-2)23-11-17-29-27(33)36-21-19-32(26-15-13-25(31-35)14-16-26)20-22-37-28(34)30-18-12-24-43(6,40-9-3)41-10-4;1-7-32-39(6,33-8-2)20-12-18-26-24(30)37-28-22-14-16-23(17-15-22)29-38-25(31)27-19-13-21-40(34-9-3,35-10-4)36-11-5;13-7-5-12(6-8-14)10-3-1-9(11-15)2-4-10;2*1-4-13-16(14-5-2,15-6-3)9-7-8-11-10-12;9-7-5-1-2-6(8-10)4-3-5/h13-16H,7-12,17-24H2,1-6H3,(H,29,33)(H,30,34);14-17H,7-13,18-21H2,1-6H3,(H,26,30)(H,27,31);1-4,13-14H,5-8H2;2*4-9H2,1-3H3;1-4,7,9H. The lowest BCUT2D eigenvalue weighted by atomic mass is 10.1. The van der Waals surface area contributed by atoms with Crippen LogP contribution in [0.3, 0.4) is 0 Å². The molecule has 0 saturated carbocycles. The Balaban J connectivity index is 0. The maximum Gasteiger partial charge on any atom is 0.500 e. The minimum absolute atomic E-state index is 0.0215. The third-order valence-corrected chi connectivity index (χ3v) is 37.4. The Hall–Kier alpha value is -8.90. The number of carbonyl (C=O) groups excluding carboxylic acids is 6. The van der Waals surface area contributed by atoms with Crippen molar-refractivity contribution in [2.24, 2.45) is 35.8 Å². The van der Waals surface area contributed by atoms with Crippen LogP contribution in [0.2, 0.25) is 55.9 Å². The van der Waals surface area contributed by atoms with Crippen LogP contribution in [0.15, 0.2) is 133 Å². The number of amides is 4. The zero-order valence-corrected chi connectivity index (χ0v) is 91.5. The highest BCUT2D eigenvalue weighted by Gasteiger charge is 2.42. The van der Waals surface area contributed by atoms with Gasteiger partial charge in [-0.1, -0.05) is 10.3 Å². The van der Waals surface area contributed by atoms with E-state index in [-0.39, 0.29) is 26.4 Å². The van der Waals surface area contributed by atoms with E-state index in [1.807, 2.05) is 139 Å². The van der Waals surface area contributed by atoms with E-state index >= 15 is 0 Å². The highest BCUT2D eigenvalue weighted by Crippen LogP contribution is 2.26. The lowest BCUT2D eigenvalue weighted by molar-refractivity contribution is 0.0700. The van der Waals surface area contributed by atoms with E-state index in [0.29, 0.717) is 230 Å². The summed E-state index contributed by atoms with van der Waals surface area (Å²) in [6.45, 7) is 47.9. The van der Waals surface area contributed by atoms with E-state index in [1.165, 1.54) is 24.3 Å². The van der Waals surface area contributed by atoms with Gasteiger partial charge in [0.15, 0.2) is 0 Å². The molecule has 0 saturated heterocycles. The number of nitroso groups, excluding NO2 is 3. The van der Waals surface area contributed by atoms with Crippen molar-refractivity contribution in [3.63, 3.8) is 0 Å². The quantitative estimate of drug-likeness (QED) is 0.00380. The molecule has 0 spiro atoms. The molecule has 1 aliphatic carbocycles. The van der Waals surface area contributed by atoms with Crippen LogP contribution in [-0.2, 0) is 95.1 Å². The molecule has 3 aromatic rings. The van der Waals surface area contributed by atoms with Crippen LogP contribution in [0, 0.1) is 14.7 Å². The molecule has 8 N–H and O–H groups in total. The summed E-state index contributed by atoms with van der Waals surface area (Å²) in [6.07, 6.45) is 11.2. The molecule has 0 radical (unpaired) electrons. The number of hydrogen-bond acceptors (Lipinski definition) is 41. The average molecular weight is 2090 g/mol. The second-order valence-corrected chi connectivity index (χ2v) is 47.6. The first kappa shape index (κ1) is 133. The van der Waals surface area contributed by atoms with E-state index in [1.54, 1.807) is 85.0 Å². The van der Waals surface area contributed by atoms with Crippen molar-refractivity contribution in [1.82, 2.24) is 21.3 Å². The van der Waals surface area contributed by atoms with Crippen molar-refractivity contribution < 1.29 is 130 Å². The van der Waals surface area contributed by atoms with Crippen LogP contribution >= 0.6 is 0 Å². The largest absolute Gasteiger partial charge is 0.500 e. The zero-order chi connectivity index (χ0) is 105. The maximum absolute atomic E-state index is 12.2. The van der Waals surface area contributed by atoms with Crippen LogP contribution in [0.1, 0.15) is 142 Å². The van der Waals surface area contributed by atoms with Gasteiger partial charge in [-0.2, -0.15) is 0 Å². The van der Waals surface area contributed by atoms with Crippen molar-refractivity contribution in [2.75, 3.05) is 206 Å². The van der Waals surface area contributed by atoms with Crippen LogP contribution in [0.4, 0.5) is 53.3 Å². The van der Waals surface area contributed by atoms with Crippen LogP contribution in [0.25, 0.3) is 0 Å². The average Bonchev–Trinajstić information content (AvgIpc) is 0.880. The second kappa shape index (κ2) is 85.7. The van der Waals surface area contributed by atoms with Gasteiger partial charge in [0.05, 0.1) is 45.1 Å². The van der Waals surface area contributed by atoms with Crippen molar-refractivity contribution in [3.8, 4) is 0 Å². The lowest BCUT2D eigenvalue weighted by Crippen LogP contribution is -2.46. The number of rotatable bonds is 72. The molecule has 140 heavy (non-hydrogen) atoms. The van der Waals surface area contributed by atoms with Gasteiger partial charge < -0.3 is 117 Å². The van der Waals surface area contributed by atoms with Gasteiger partial charge in [0.25, 0.3) is 0 Å². The van der Waals surface area contributed by atoms with Gasteiger partial charge in [-0.15, -0.1) is 14.7 Å². The number of isocyanates is 2. The second-order valence-electron chi connectivity index (χ2n) is 29.3. The van der Waals surface area contributed by atoms with E-state index in [9.17, 15) is 43.5 Å². The van der Waals surface area contributed by atoms with Crippen molar-refractivity contribution in [3.05, 3.63) is 112 Å². The van der Waals surface area contributed by atoms with Gasteiger partial charge in [0.2, 0.25) is 12.2 Å². The van der Waals surface area contributed by atoms with Crippen LogP contribution < -0.4 is 36.5 Å². The number of ether oxygens (including phenoxy) is 2. The Labute approximate surface area is 833 Å². The molecule has 4 amide bonds. The smallest absolute Gasteiger partial charge is 0.448 e. The third-order valence-electron chi connectivity index (χ3n) is 18.8. The molecule has 0 unspecified atom stereocenters. The SMILES string of the molecule is CCO[Si](C)(CCCNC(=O)OCCN(CCOC(=O)NCCC[Si](C)(OCC)OCC)c1ccc(N=O)cc1)OCC.CCO[Si](C)(CCCNC(=O)ON=C1C=CC(=NOC(=O)NCCC[Si](OCC)(OCC)OCC)C=C1)OCC.CCO[Si](CCCN=C=O)(OCC)OCC.CCO[Si](CCCN=C=O)(OCC)OCC.O=Nc1ccc(N(CCO)CCO)cc1.O=Nc1ccc(NO)cc1. The summed E-state index contributed by atoms with van der Waals surface area (Å²) >= 11 is 0. The molecule has 51 heteroatoms. The Morgan fingerprint density at radius 3 is 0.821 bits per heavy atom. The monoisotopic (exact) mass is 2090 g/mol. The fourth-order valence-electron chi connectivity index (χ4n) is 13.0. The minimum atomic E-state index is -2.75. The van der Waals surface area contributed by atoms with Gasteiger partial charge in [-0.25, -0.2) is 38.8 Å². The maximum atomic E-state index is 12.2. The van der Waals surface area contributed by atoms with Gasteiger partial charge in [0.1, 0.15) is 41.7 Å². The number of aliphatic hydroxyl groups excluding tert-OH is 2. The molecule has 45 nitrogen and oxygen atoms in total. The molecule has 3 aromatic carbocycles. The Bertz CT molecular complexity index is 3770. The Morgan fingerprint density at radius 1 is 0.336 bits per heavy atom. The van der Waals surface area contributed by atoms with Gasteiger partial charge in [-0.3, -0.25) is 20.4 Å². The number of anilines is 3. The number of benzene rings is 3. The molecule has 0 bridgehead atoms. The molecule has 796 valence electrons. The highest BCUT2D eigenvalue weighted by molar-refractivity contribution is 6.67. The lowest BCUT2D eigenvalue weighted by Gasteiger charge is -2.28. The summed E-state index contributed by atoms with van der Waals surface area (Å²) in [5, 5.41) is 52.9. The fourth-order valence-corrected chi connectivity index (χ4v) is 28.0. The number of hydrogen-bond donors (Lipinski definition) is 8. The van der Waals surface area contributed by atoms with Crippen LogP contribution in [0.5, 0.6) is 0 Å². The zero-order valence-electron chi connectivity index (χ0n) is 85.5. The first-order chi connectivity index (χ1) is 67.5. The van der Waals surface area contributed by atoms with Crippen molar-refractivity contribution in [2.45, 2.75) is 198 Å². The predicted octanol–water partition coefficient (Wildman–Crippen LogP) is 15.9. The van der Waals surface area contributed by atoms with Crippen LogP contribution in [-0.4, -0.2) is 306 Å². The van der Waals surface area contributed by atoms with E-state index < -0.39 is 76.5 Å². The Morgan fingerprint density at radius 2 is 0.579 bits per heavy atom. The number of nitrogens with one attached hydrogen (secondary N) is 5. The number of alkyl carbamates (subject to hydrolysis) is 2. The first-order valence-electron chi connectivity index (χ1n) is 47.9. The van der Waals surface area contributed by atoms with E-state index in [0.717, 1.165) is 55.2 Å².